The number of hydrogen-bond acceptors (Lipinski definition) is 3. The van der Waals surface area contributed by atoms with Gasteiger partial charge >= 0.3 is 0 Å². The van der Waals surface area contributed by atoms with Crippen molar-refractivity contribution in [1.82, 2.24) is 0 Å². The number of nitrogens with two attached hydrogens (primary N) is 1. The maximum atomic E-state index is 12.2. The fourth-order valence-electron chi connectivity index (χ4n) is 1.87. The molecule has 0 amide bonds. The summed E-state index contributed by atoms with van der Waals surface area (Å²) in [6, 6.07) is 15.8. The molecule has 0 aliphatic carbocycles. The lowest BCUT2D eigenvalue weighted by Gasteiger charge is -2.11. The van der Waals surface area contributed by atoms with Crippen molar-refractivity contribution in [3.05, 3.63) is 65.7 Å². The van der Waals surface area contributed by atoms with E-state index in [1.807, 2.05) is 37.3 Å². The third kappa shape index (κ3) is 3.20. The zero-order valence-corrected chi connectivity index (χ0v) is 10.9. The third-order valence-electron chi connectivity index (χ3n) is 2.89. The van der Waals surface area contributed by atoms with Gasteiger partial charge in [0.05, 0.1) is 12.6 Å². The zero-order valence-electron chi connectivity index (χ0n) is 10.9. The van der Waals surface area contributed by atoms with E-state index >= 15 is 0 Å². The highest BCUT2D eigenvalue weighted by molar-refractivity contribution is 6.00. The molecule has 1 unspecified atom stereocenters. The van der Waals surface area contributed by atoms with E-state index in [1.165, 1.54) is 0 Å². The van der Waals surface area contributed by atoms with Gasteiger partial charge in [0.15, 0.2) is 5.78 Å². The fourth-order valence-corrected chi connectivity index (χ4v) is 1.87. The van der Waals surface area contributed by atoms with Gasteiger partial charge in [-0.1, -0.05) is 30.3 Å². The monoisotopic (exact) mass is 255 g/mol. The molecule has 19 heavy (non-hydrogen) atoms. The SMILES string of the molecule is CCOc1ccc(C(=O)C(N)c2ccccc2)cc1. The van der Waals surface area contributed by atoms with Crippen LogP contribution in [0.25, 0.3) is 0 Å². The number of ketones is 1. The van der Waals surface area contributed by atoms with E-state index < -0.39 is 6.04 Å². The lowest BCUT2D eigenvalue weighted by Crippen LogP contribution is -2.21. The van der Waals surface area contributed by atoms with Crippen molar-refractivity contribution in [3.8, 4) is 5.75 Å². The lowest BCUT2D eigenvalue weighted by molar-refractivity contribution is 0.0961. The standard InChI is InChI=1S/C16H17NO2/c1-2-19-14-10-8-13(9-11-14)16(18)15(17)12-6-4-3-5-7-12/h3-11,15H,2,17H2,1H3. The minimum absolute atomic E-state index is 0.0887. The molecule has 2 aromatic rings. The molecule has 0 aliphatic heterocycles. The number of carbonyl (C=O) groups is 1. The first-order valence-corrected chi connectivity index (χ1v) is 6.30. The molecule has 3 nitrogen and oxygen atoms in total. The van der Waals surface area contributed by atoms with E-state index in [4.69, 9.17) is 10.5 Å². The van der Waals surface area contributed by atoms with Crippen LogP contribution in [-0.4, -0.2) is 12.4 Å². The highest BCUT2D eigenvalue weighted by Crippen LogP contribution is 2.18. The number of hydrogen-bond donors (Lipinski definition) is 1. The summed E-state index contributed by atoms with van der Waals surface area (Å²) in [6.07, 6.45) is 0. The number of benzene rings is 2. The summed E-state index contributed by atoms with van der Waals surface area (Å²) in [5.74, 6) is 0.668. The average Bonchev–Trinajstić information content (AvgIpc) is 2.48. The molecule has 1 atom stereocenters. The van der Waals surface area contributed by atoms with Gasteiger partial charge in [0.2, 0.25) is 0 Å². The largest absolute Gasteiger partial charge is 0.494 e. The van der Waals surface area contributed by atoms with Gasteiger partial charge in [-0.3, -0.25) is 4.79 Å². The second kappa shape index (κ2) is 6.16. The summed E-state index contributed by atoms with van der Waals surface area (Å²) >= 11 is 0. The Kier molecular flexibility index (Phi) is 4.31. The molecule has 0 bridgehead atoms. The van der Waals surface area contributed by atoms with Crippen LogP contribution in [0.3, 0.4) is 0 Å². The normalized spacial score (nSPS) is 11.9. The van der Waals surface area contributed by atoms with E-state index in [0.29, 0.717) is 12.2 Å². The fraction of sp³-hybridized carbons (Fsp3) is 0.188. The number of ether oxygens (including phenoxy) is 1. The van der Waals surface area contributed by atoms with Gasteiger partial charge in [0.25, 0.3) is 0 Å². The first-order valence-electron chi connectivity index (χ1n) is 6.30. The van der Waals surface area contributed by atoms with Crippen molar-refractivity contribution in [1.29, 1.82) is 0 Å². The topological polar surface area (TPSA) is 52.3 Å². The molecule has 0 fully saturated rings. The zero-order chi connectivity index (χ0) is 13.7. The molecule has 2 rings (SSSR count). The summed E-state index contributed by atoms with van der Waals surface area (Å²) in [7, 11) is 0. The van der Waals surface area contributed by atoms with Gasteiger partial charge in [-0.25, -0.2) is 0 Å². The van der Waals surface area contributed by atoms with E-state index in [0.717, 1.165) is 11.3 Å². The number of Topliss-reactive ketones (excluding diaryl/α,β-unsaturated/α-hetero) is 1. The summed E-state index contributed by atoms with van der Waals surface area (Å²) in [5, 5.41) is 0. The quantitative estimate of drug-likeness (QED) is 0.836. The molecule has 0 aliphatic rings. The van der Waals surface area contributed by atoms with Gasteiger partial charge in [-0.05, 0) is 36.8 Å². The average molecular weight is 255 g/mol. The summed E-state index contributed by atoms with van der Waals surface area (Å²) < 4.78 is 5.34. The Morgan fingerprint density at radius 2 is 1.74 bits per heavy atom. The van der Waals surface area contributed by atoms with E-state index in [1.54, 1.807) is 24.3 Å². The van der Waals surface area contributed by atoms with Crippen LogP contribution in [0, 0.1) is 0 Å². The van der Waals surface area contributed by atoms with Crippen LogP contribution < -0.4 is 10.5 Å². The van der Waals surface area contributed by atoms with Crippen molar-refractivity contribution >= 4 is 5.78 Å². The number of rotatable bonds is 5. The van der Waals surface area contributed by atoms with Gasteiger partial charge in [0.1, 0.15) is 5.75 Å². The van der Waals surface area contributed by atoms with E-state index in [-0.39, 0.29) is 5.78 Å². The molecule has 0 spiro atoms. The molecular weight excluding hydrogens is 238 g/mol. The molecule has 2 aromatic carbocycles. The van der Waals surface area contributed by atoms with Gasteiger partial charge < -0.3 is 10.5 Å². The summed E-state index contributed by atoms with van der Waals surface area (Å²) in [6.45, 7) is 2.53. The van der Waals surface area contributed by atoms with Crippen LogP contribution in [0.4, 0.5) is 0 Å². The van der Waals surface area contributed by atoms with Crippen LogP contribution in [0.15, 0.2) is 54.6 Å². The highest BCUT2D eigenvalue weighted by atomic mass is 16.5. The van der Waals surface area contributed by atoms with Crippen molar-refractivity contribution in [2.75, 3.05) is 6.61 Å². The van der Waals surface area contributed by atoms with Crippen molar-refractivity contribution in [2.24, 2.45) is 5.73 Å². The van der Waals surface area contributed by atoms with Gasteiger partial charge in [0, 0.05) is 5.56 Å². The predicted molar refractivity (Wildman–Crippen MR) is 75.3 cm³/mol. The maximum Gasteiger partial charge on any atom is 0.184 e. The Balaban J connectivity index is 2.15. The molecule has 0 radical (unpaired) electrons. The molecule has 2 N–H and O–H groups in total. The third-order valence-corrected chi connectivity index (χ3v) is 2.89. The predicted octanol–water partition coefficient (Wildman–Crippen LogP) is 2.97. The Labute approximate surface area is 113 Å². The van der Waals surface area contributed by atoms with Crippen LogP contribution in [0.1, 0.15) is 28.9 Å². The smallest absolute Gasteiger partial charge is 0.184 e. The maximum absolute atomic E-state index is 12.2. The van der Waals surface area contributed by atoms with E-state index in [9.17, 15) is 4.79 Å². The summed E-state index contributed by atoms with van der Waals surface area (Å²) in [5.41, 5.74) is 7.40. The first-order chi connectivity index (χ1) is 9.22. The molecular formula is C16H17NO2. The molecule has 0 saturated heterocycles. The second-order valence-corrected chi connectivity index (χ2v) is 4.21. The Morgan fingerprint density at radius 3 is 2.32 bits per heavy atom. The van der Waals surface area contributed by atoms with Crippen LogP contribution >= 0.6 is 0 Å². The molecule has 98 valence electrons. The molecule has 0 aromatic heterocycles. The van der Waals surface area contributed by atoms with Crippen LogP contribution in [0.5, 0.6) is 5.75 Å². The van der Waals surface area contributed by atoms with Crippen LogP contribution in [-0.2, 0) is 0 Å². The minimum atomic E-state index is -0.626. The van der Waals surface area contributed by atoms with Crippen molar-refractivity contribution in [2.45, 2.75) is 13.0 Å². The first kappa shape index (κ1) is 13.3. The second-order valence-electron chi connectivity index (χ2n) is 4.21. The molecule has 0 heterocycles. The van der Waals surface area contributed by atoms with Gasteiger partial charge in [-0.2, -0.15) is 0 Å². The van der Waals surface area contributed by atoms with Crippen molar-refractivity contribution in [3.63, 3.8) is 0 Å². The van der Waals surface area contributed by atoms with E-state index in [2.05, 4.69) is 0 Å². The van der Waals surface area contributed by atoms with Crippen molar-refractivity contribution < 1.29 is 9.53 Å². The Bertz CT molecular complexity index is 534. The minimum Gasteiger partial charge on any atom is -0.494 e. The number of carbonyl (C=O) groups excluding carboxylic acids is 1. The lowest BCUT2D eigenvalue weighted by atomic mass is 9.98. The van der Waals surface area contributed by atoms with Gasteiger partial charge in [-0.15, -0.1) is 0 Å². The Morgan fingerprint density at radius 1 is 1.11 bits per heavy atom. The summed E-state index contributed by atoms with van der Waals surface area (Å²) in [4.78, 5) is 12.2. The Hall–Kier alpha value is -2.13. The van der Waals surface area contributed by atoms with Crippen LogP contribution in [0.2, 0.25) is 0 Å². The highest BCUT2D eigenvalue weighted by Gasteiger charge is 2.17. The molecule has 3 heteroatoms. The molecule has 0 saturated carbocycles.